The highest BCUT2D eigenvalue weighted by Gasteiger charge is 2.06. The molecule has 0 amide bonds. The number of nitrogens with two attached hydrogens (primary N) is 1. The van der Waals surface area contributed by atoms with Crippen LogP contribution in [0.3, 0.4) is 0 Å². The van der Waals surface area contributed by atoms with Crippen LogP contribution in [0.1, 0.15) is 11.1 Å². The summed E-state index contributed by atoms with van der Waals surface area (Å²) in [5, 5.41) is 1.27. The van der Waals surface area contributed by atoms with Crippen molar-refractivity contribution >= 4 is 16.6 Å². The minimum Gasteiger partial charge on any atom is -0.398 e. The number of rotatable bonds is 0. The summed E-state index contributed by atoms with van der Waals surface area (Å²) in [4.78, 5) is 0. The molecule has 13 heavy (non-hydrogen) atoms. The number of nitrogen functional groups attached to an aromatic ring is 1. The zero-order chi connectivity index (χ0) is 9.59. The van der Waals surface area contributed by atoms with E-state index in [-0.39, 0.29) is 0 Å². The van der Waals surface area contributed by atoms with Crippen molar-refractivity contribution < 1.29 is 0 Å². The van der Waals surface area contributed by atoms with Crippen LogP contribution in [0.2, 0.25) is 0 Å². The zero-order valence-electron chi connectivity index (χ0n) is 8.26. The van der Waals surface area contributed by atoms with Crippen LogP contribution in [0.4, 0.5) is 5.69 Å². The predicted octanol–water partition coefficient (Wildman–Crippen LogP) is 2.38. The lowest BCUT2D eigenvalue weighted by Gasteiger charge is -2.07. The number of hydrogen-bond donors (Lipinski definition) is 1. The van der Waals surface area contributed by atoms with Crippen LogP contribution in [0.5, 0.6) is 0 Å². The summed E-state index contributed by atoms with van der Waals surface area (Å²) < 4.78 is 2.11. The van der Waals surface area contributed by atoms with Crippen LogP contribution < -0.4 is 5.73 Å². The van der Waals surface area contributed by atoms with E-state index in [0.717, 1.165) is 11.3 Å². The van der Waals surface area contributed by atoms with Gasteiger partial charge in [-0.05, 0) is 37.1 Å². The highest BCUT2D eigenvalue weighted by molar-refractivity contribution is 5.88. The second-order valence-electron chi connectivity index (χ2n) is 3.60. The molecule has 0 bridgehead atoms. The Kier molecular flexibility index (Phi) is 1.59. The number of aromatic nitrogens is 1. The zero-order valence-corrected chi connectivity index (χ0v) is 8.26. The summed E-state index contributed by atoms with van der Waals surface area (Å²) in [5.74, 6) is 0. The normalized spacial score (nSPS) is 11.0. The second kappa shape index (κ2) is 2.52. The number of hydrogen-bond acceptors (Lipinski definition) is 1. The molecule has 0 aliphatic rings. The van der Waals surface area contributed by atoms with Crippen molar-refractivity contribution in [1.29, 1.82) is 0 Å². The smallest absolute Gasteiger partial charge is 0.0528 e. The summed E-state index contributed by atoms with van der Waals surface area (Å²) in [6.07, 6.45) is 2.07. The van der Waals surface area contributed by atoms with Crippen molar-refractivity contribution in [2.24, 2.45) is 7.05 Å². The number of anilines is 1. The molecule has 0 atom stereocenters. The van der Waals surface area contributed by atoms with Crippen molar-refractivity contribution in [3.63, 3.8) is 0 Å². The third kappa shape index (κ3) is 1.02. The Morgan fingerprint density at radius 1 is 1.31 bits per heavy atom. The van der Waals surface area contributed by atoms with Crippen molar-refractivity contribution in [2.45, 2.75) is 13.8 Å². The molecule has 0 aliphatic carbocycles. The highest BCUT2D eigenvalue weighted by atomic mass is 14.9. The molecule has 0 radical (unpaired) electrons. The fourth-order valence-corrected chi connectivity index (χ4v) is 1.88. The molecule has 1 aromatic carbocycles. The van der Waals surface area contributed by atoms with Gasteiger partial charge in [-0.1, -0.05) is 0 Å². The minimum absolute atomic E-state index is 0.911. The molecule has 1 heterocycles. The molecule has 1 aromatic heterocycles. The number of nitrogens with zero attached hydrogens (tertiary/aromatic N) is 1. The fraction of sp³-hybridized carbons (Fsp3) is 0.273. The molecule has 2 aromatic rings. The van der Waals surface area contributed by atoms with Gasteiger partial charge < -0.3 is 10.3 Å². The van der Waals surface area contributed by atoms with Gasteiger partial charge in [0, 0.05) is 24.3 Å². The van der Waals surface area contributed by atoms with Crippen molar-refractivity contribution in [3.05, 3.63) is 29.5 Å². The van der Waals surface area contributed by atoms with Gasteiger partial charge in [0.1, 0.15) is 0 Å². The maximum atomic E-state index is 5.96. The van der Waals surface area contributed by atoms with Gasteiger partial charge in [-0.25, -0.2) is 0 Å². The van der Waals surface area contributed by atoms with E-state index in [9.17, 15) is 0 Å². The van der Waals surface area contributed by atoms with Gasteiger partial charge >= 0.3 is 0 Å². The van der Waals surface area contributed by atoms with Gasteiger partial charge in [0.25, 0.3) is 0 Å². The quantitative estimate of drug-likeness (QED) is 0.611. The van der Waals surface area contributed by atoms with Gasteiger partial charge in [0.15, 0.2) is 0 Å². The van der Waals surface area contributed by atoms with Crippen LogP contribution in [0.15, 0.2) is 18.3 Å². The molecule has 2 heteroatoms. The highest BCUT2D eigenvalue weighted by Crippen LogP contribution is 2.26. The van der Waals surface area contributed by atoms with Gasteiger partial charge in [-0.3, -0.25) is 0 Å². The first kappa shape index (κ1) is 8.17. The largest absolute Gasteiger partial charge is 0.398 e. The van der Waals surface area contributed by atoms with Gasteiger partial charge in [0.2, 0.25) is 0 Å². The third-order valence-corrected chi connectivity index (χ3v) is 2.66. The molecule has 0 aliphatic heterocycles. The van der Waals surface area contributed by atoms with E-state index in [1.54, 1.807) is 0 Å². The van der Waals surface area contributed by atoms with Crippen LogP contribution in [-0.4, -0.2) is 4.57 Å². The topological polar surface area (TPSA) is 30.9 Å². The molecular formula is C11H14N2. The summed E-state index contributed by atoms with van der Waals surface area (Å²) in [6.45, 7) is 4.12. The molecule has 0 unspecified atom stereocenters. The van der Waals surface area contributed by atoms with Gasteiger partial charge in [0.05, 0.1) is 5.52 Å². The average molecular weight is 174 g/mol. The van der Waals surface area contributed by atoms with E-state index in [4.69, 9.17) is 5.73 Å². The van der Waals surface area contributed by atoms with Crippen LogP contribution in [0, 0.1) is 13.8 Å². The van der Waals surface area contributed by atoms with E-state index >= 15 is 0 Å². The first-order chi connectivity index (χ1) is 6.11. The molecule has 0 saturated carbocycles. The Morgan fingerprint density at radius 2 is 2.00 bits per heavy atom. The first-order valence-corrected chi connectivity index (χ1v) is 4.42. The summed E-state index contributed by atoms with van der Waals surface area (Å²) in [5.41, 5.74) is 10.5. The molecule has 68 valence electrons. The summed E-state index contributed by atoms with van der Waals surface area (Å²) >= 11 is 0. The van der Waals surface area contributed by atoms with Gasteiger partial charge in [-0.15, -0.1) is 0 Å². The molecule has 2 N–H and O–H groups in total. The van der Waals surface area contributed by atoms with E-state index in [2.05, 4.69) is 36.7 Å². The minimum atomic E-state index is 0.911. The molecule has 0 saturated heterocycles. The maximum absolute atomic E-state index is 5.96. The number of fused-ring (bicyclic) bond motifs is 1. The monoisotopic (exact) mass is 174 g/mol. The Balaban J connectivity index is 2.97. The number of benzene rings is 1. The second-order valence-corrected chi connectivity index (χ2v) is 3.60. The number of aryl methyl sites for hydroxylation is 3. The van der Waals surface area contributed by atoms with E-state index in [1.165, 1.54) is 16.5 Å². The Bertz CT molecular complexity index is 466. The Morgan fingerprint density at radius 3 is 2.69 bits per heavy atom. The van der Waals surface area contributed by atoms with E-state index in [1.807, 2.05) is 7.05 Å². The SMILES string of the molecule is Cc1cc2ccn(C)c2c(C)c1N. The molecule has 0 spiro atoms. The third-order valence-electron chi connectivity index (χ3n) is 2.66. The maximum Gasteiger partial charge on any atom is 0.0528 e. The Labute approximate surface area is 78.0 Å². The van der Waals surface area contributed by atoms with Crippen molar-refractivity contribution in [2.75, 3.05) is 5.73 Å². The van der Waals surface area contributed by atoms with Gasteiger partial charge in [-0.2, -0.15) is 0 Å². The Hall–Kier alpha value is -1.44. The van der Waals surface area contributed by atoms with E-state index in [0.29, 0.717) is 0 Å². The first-order valence-electron chi connectivity index (χ1n) is 4.42. The van der Waals surface area contributed by atoms with Crippen molar-refractivity contribution in [3.8, 4) is 0 Å². The average Bonchev–Trinajstić information content (AvgIpc) is 2.43. The lowest BCUT2D eigenvalue weighted by molar-refractivity contribution is 0.964. The summed E-state index contributed by atoms with van der Waals surface area (Å²) in [7, 11) is 2.05. The van der Waals surface area contributed by atoms with Crippen LogP contribution in [-0.2, 0) is 7.05 Å². The molecule has 2 nitrogen and oxygen atoms in total. The predicted molar refractivity (Wildman–Crippen MR) is 56.8 cm³/mol. The van der Waals surface area contributed by atoms with Crippen molar-refractivity contribution in [1.82, 2.24) is 4.57 Å². The lowest BCUT2D eigenvalue weighted by atomic mass is 10.1. The molecule has 0 fully saturated rings. The standard InChI is InChI=1S/C11H14N2/c1-7-6-9-4-5-13(3)11(9)8(2)10(7)12/h4-6H,12H2,1-3H3. The van der Waals surface area contributed by atoms with Crippen LogP contribution in [0.25, 0.3) is 10.9 Å². The summed E-state index contributed by atoms with van der Waals surface area (Å²) in [6, 6.07) is 4.26. The molecular weight excluding hydrogens is 160 g/mol. The fourth-order valence-electron chi connectivity index (χ4n) is 1.88. The van der Waals surface area contributed by atoms with E-state index < -0.39 is 0 Å². The van der Waals surface area contributed by atoms with Crippen LogP contribution >= 0.6 is 0 Å². The lowest BCUT2D eigenvalue weighted by Crippen LogP contribution is -1.96. The molecule has 2 rings (SSSR count).